The van der Waals surface area contributed by atoms with Gasteiger partial charge in [-0.05, 0) is 42.8 Å². The number of quaternary nitrogens is 1. The Morgan fingerprint density at radius 1 is 1.00 bits per heavy atom. The third-order valence-electron chi connectivity index (χ3n) is 3.33. The molecule has 0 amide bonds. The monoisotopic (exact) mass is 336 g/mol. The Labute approximate surface area is 142 Å². The minimum Gasteiger partial charge on any atom is -0.490 e. The third-order valence-corrected chi connectivity index (χ3v) is 3.58. The number of hydrogen-bond acceptors (Lipinski definition) is 3. The van der Waals surface area contributed by atoms with Gasteiger partial charge in [0.15, 0.2) is 11.5 Å². The molecule has 2 aromatic carbocycles. The van der Waals surface area contributed by atoms with Crippen LogP contribution in [0.3, 0.4) is 0 Å². The number of nitrogens with two attached hydrogens (primary N) is 1. The van der Waals surface area contributed by atoms with Gasteiger partial charge in [0.25, 0.3) is 0 Å². The standard InChI is InChI=1S/C18H22ClNO3/c1-2-22-18-11-15(12-20-9-10-21)5-8-17(18)23-13-14-3-6-16(19)7-4-14/h3-8,11,20-21H,2,9-10,12-13H2,1H3/p+1. The van der Waals surface area contributed by atoms with Crippen molar-refractivity contribution in [2.75, 3.05) is 19.8 Å². The van der Waals surface area contributed by atoms with E-state index in [1.165, 1.54) is 0 Å². The molecule has 0 spiro atoms. The normalized spacial score (nSPS) is 10.6. The molecule has 5 heteroatoms. The molecule has 0 aliphatic heterocycles. The number of halogens is 1. The van der Waals surface area contributed by atoms with Gasteiger partial charge in [0.05, 0.1) is 19.8 Å². The average molecular weight is 337 g/mol. The Hall–Kier alpha value is -1.75. The SMILES string of the molecule is CCOc1cc(C[NH2+]CCO)ccc1OCc1ccc(Cl)cc1. The second-order valence-corrected chi connectivity index (χ2v) is 5.57. The largest absolute Gasteiger partial charge is 0.490 e. The van der Waals surface area contributed by atoms with Gasteiger partial charge >= 0.3 is 0 Å². The summed E-state index contributed by atoms with van der Waals surface area (Å²) < 4.78 is 11.6. The molecule has 124 valence electrons. The predicted molar refractivity (Wildman–Crippen MR) is 91.0 cm³/mol. The fourth-order valence-electron chi connectivity index (χ4n) is 2.17. The van der Waals surface area contributed by atoms with Gasteiger partial charge < -0.3 is 19.9 Å². The van der Waals surface area contributed by atoms with E-state index in [0.717, 1.165) is 29.2 Å². The summed E-state index contributed by atoms with van der Waals surface area (Å²) in [5.41, 5.74) is 2.19. The molecule has 0 aromatic heterocycles. The lowest BCUT2D eigenvalue weighted by molar-refractivity contribution is -0.671. The molecular weight excluding hydrogens is 314 g/mol. The molecule has 2 rings (SSSR count). The minimum atomic E-state index is 0.181. The molecule has 0 aliphatic rings. The van der Waals surface area contributed by atoms with E-state index in [9.17, 15) is 0 Å². The summed E-state index contributed by atoms with van der Waals surface area (Å²) in [6, 6.07) is 13.5. The molecule has 2 aromatic rings. The smallest absolute Gasteiger partial charge is 0.161 e. The number of ether oxygens (including phenoxy) is 2. The van der Waals surface area contributed by atoms with Crippen molar-refractivity contribution in [1.82, 2.24) is 0 Å². The molecular formula is C18H23ClNO3+. The first-order chi connectivity index (χ1) is 11.2. The summed E-state index contributed by atoms with van der Waals surface area (Å²) in [7, 11) is 0. The molecule has 0 atom stereocenters. The van der Waals surface area contributed by atoms with Gasteiger partial charge in [0.1, 0.15) is 13.2 Å². The molecule has 0 aliphatic carbocycles. The fourth-order valence-corrected chi connectivity index (χ4v) is 2.29. The van der Waals surface area contributed by atoms with E-state index < -0.39 is 0 Å². The van der Waals surface area contributed by atoms with Gasteiger partial charge in [-0.25, -0.2) is 0 Å². The summed E-state index contributed by atoms with van der Waals surface area (Å²) in [6.45, 7) is 4.68. The maximum Gasteiger partial charge on any atom is 0.161 e. The lowest BCUT2D eigenvalue weighted by atomic mass is 10.2. The Morgan fingerprint density at radius 2 is 1.74 bits per heavy atom. The minimum absolute atomic E-state index is 0.181. The van der Waals surface area contributed by atoms with Crippen molar-refractivity contribution in [2.24, 2.45) is 0 Å². The van der Waals surface area contributed by atoms with Crippen LogP contribution < -0.4 is 14.8 Å². The maximum atomic E-state index is 8.84. The van der Waals surface area contributed by atoms with Gasteiger partial charge in [0.2, 0.25) is 0 Å². The van der Waals surface area contributed by atoms with E-state index in [-0.39, 0.29) is 6.61 Å². The third kappa shape index (κ3) is 5.75. The first-order valence-electron chi connectivity index (χ1n) is 7.78. The zero-order valence-corrected chi connectivity index (χ0v) is 14.1. The Morgan fingerprint density at radius 3 is 2.43 bits per heavy atom. The van der Waals surface area contributed by atoms with Crippen LogP contribution in [0.1, 0.15) is 18.1 Å². The maximum absolute atomic E-state index is 8.84. The van der Waals surface area contributed by atoms with Gasteiger partial charge in [0, 0.05) is 10.6 Å². The lowest BCUT2D eigenvalue weighted by Gasteiger charge is -2.13. The lowest BCUT2D eigenvalue weighted by Crippen LogP contribution is -2.83. The molecule has 0 saturated carbocycles. The van der Waals surface area contributed by atoms with Crippen molar-refractivity contribution in [3.05, 3.63) is 58.6 Å². The van der Waals surface area contributed by atoms with E-state index in [1.54, 1.807) is 0 Å². The molecule has 0 saturated heterocycles. The molecule has 4 nitrogen and oxygen atoms in total. The molecule has 3 N–H and O–H groups in total. The van der Waals surface area contributed by atoms with E-state index in [0.29, 0.717) is 24.8 Å². The molecule has 0 unspecified atom stereocenters. The summed E-state index contributed by atoms with van der Waals surface area (Å²) in [4.78, 5) is 0. The highest BCUT2D eigenvalue weighted by Crippen LogP contribution is 2.29. The summed E-state index contributed by atoms with van der Waals surface area (Å²) >= 11 is 5.89. The van der Waals surface area contributed by atoms with Crippen molar-refractivity contribution >= 4 is 11.6 Å². The number of rotatable bonds is 9. The summed E-state index contributed by atoms with van der Waals surface area (Å²) in [5, 5.41) is 11.6. The van der Waals surface area contributed by atoms with Crippen LogP contribution in [0, 0.1) is 0 Å². The first kappa shape index (κ1) is 17.6. The second kappa shape index (κ2) is 9.40. The topological polar surface area (TPSA) is 55.3 Å². The van der Waals surface area contributed by atoms with Crippen LogP contribution in [0.25, 0.3) is 0 Å². The number of hydrogen-bond donors (Lipinski definition) is 2. The van der Waals surface area contributed by atoms with Crippen molar-refractivity contribution in [2.45, 2.75) is 20.1 Å². The van der Waals surface area contributed by atoms with Crippen LogP contribution >= 0.6 is 11.6 Å². The van der Waals surface area contributed by atoms with Gasteiger partial charge in [-0.15, -0.1) is 0 Å². The Bertz CT molecular complexity index is 602. The number of aliphatic hydroxyl groups excluding tert-OH is 1. The van der Waals surface area contributed by atoms with Crippen LogP contribution in [0.4, 0.5) is 0 Å². The summed E-state index contributed by atoms with van der Waals surface area (Å²) in [5.74, 6) is 1.48. The highest BCUT2D eigenvalue weighted by atomic mass is 35.5. The number of aliphatic hydroxyl groups is 1. The van der Waals surface area contributed by atoms with Crippen molar-refractivity contribution in [3.8, 4) is 11.5 Å². The summed E-state index contributed by atoms with van der Waals surface area (Å²) in [6.07, 6.45) is 0. The Kier molecular flexibility index (Phi) is 7.20. The van der Waals surface area contributed by atoms with Gasteiger partial charge in [-0.2, -0.15) is 0 Å². The van der Waals surface area contributed by atoms with E-state index >= 15 is 0 Å². The molecule has 23 heavy (non-hydrogen) atoms. The average Bonchev–Trinajstić information content (AvgIpc) is 2.56. The van der Waals surface area contributed by atoms with Crippen LogP contribution in [-0.4, -0.2) is 24.9 Å². The highest BCUT2D eigenvalue weighted by molar-refractivity contribution is 6.30. The van der Waals surface area contributed by atoms with E-state index in [1.807, 2.05) is 49.4 Å². The second-order valence-electron chi connectivity index (χ2n) is 5.13. The zero-order chi connectivity index (χ0) is 16.5. The van der Waals surface area contributed by atoms with Crippen molar-refractivity contribution in [1.29, 1.82) is 0 Å². The van der Waals surface area contributed by atoms with Crippen molar-refractivity contribution < 1.29 is 19.9 Å². The van der Waals surface area contributed by atoms with Crippen LogP contribution in [-0.2, 0) is 13.2 Å². The first-order valence-corrected chi connectivity index (χ1v) is 8.16. The van der Waals surface area contributed by atoms with E-state index in [4.69, 9.17) is 26.2 Å². The molecule has 0 bridgehead atoms. The molecule has 0 fully saturated rings. The van der Waals surface area contributed by atoms with E-state index in [2.05, 4.69) is 5.32 Å². The van der Waals surface area contributed by atoms with Crippen LogP contribution in [0.15, 0.2) is 42.5 Å². The Balaban J connectivity index is 2.02. The van der Waals surface area contributed by atoms with Crippen LogP contribution in [0.2, 0.25) is 5.02 Å². The molecule has 0 radical (unpaired) electrons. The van der Waals surface area contributed by atoms with Gasteiger partial charge in [-0.1, -0.05) is 23.7 Å². The van der Waals surface area contributed by atoms with Gasteiger partial charge in [-0.3, -0.25) is 0 Å². The zero-order valence-electron chi connectivity index (χ0n) is 13.3. The van der Waals surface area contributed by atoms with Crippen LogP contribution in [0.5, 0.6) is 11.5 Å². The predicted octanol–water partition coefficient (Wildman–Crippen LogP) is 2.37. The highest BCUT2D eigenvalue weighted by Gasteiger charge is 2.08. The fraction of sp³-hybridized carbons (Fsp3) is 0.333. The quantitative estimate of drug-likeness (QED) is 0.691. The van der Waals surface area contributed by atoms with Crippen molar-refractivity contribution in [3.63, 3.8) is 0 Å². The molecule has 0 heterocycles. The number of benzene rings is 2.